The van der Waals surface area contributed by atoms with Crippen LogP contribution in [0.2, 0.25) is 0 Å². The van der Waals surface area contributed by atoms with Gasteiger partial charge in [0, 0.05) is 25.0 Å². The standard InChI is InChI=1S/C14H31N3O/c1-6-17(7-2)11-13(5)16-14(18)9-8-10-15-12(3)4/h12-13,15H,6-11H2,1-5H3,(H,16,18). The Morgan fingerprint density at radius 2 is 1.78 bits per heavy atom. The molecule has 0 fully saturated rings. The van der Waals surface area contributed by atoms with E-state index in [9.17, 15) is 4.79 Å². The lowest BCUT2D eigenvalue weighted by Gasteiger charge is -2.23. The van der Waals surface area contributed by atoms with Crippen LogP contribution in [0.25, 0.3) is 0 Å². The van der Waals surface area contributed by atoms with E-state index in [1.54, 1.807) is 0 Å². The van der Waals surface area contributed by atoms with Gasteiger partial charge in [-0.1, -0.05) is 27.7 Å². The smallest absolute Gasteiger partial charge is 0.220 e. The maximum Gasteiger partial charge on any atom is 0.220 e. The first-order valence-corrected chi connectivity index (χ1v) is 7.24. The highest BCUT2D eigenvalue weighted by Crippen LogP contribution is 1.94. The highest BCUT2D eigenvalue weighted by molar-refractivity contribution is 5.76. The summed E-state index contributed by atoms with van der Waals surface area (Å²) in [6, 6.07) is 0.727. The van der Waals surface area contributed by atoms with Gasteiger partial charge in [0.1, 0.15) is 0 Å². The van der Waals surface area contributed by atoms with E-state index in [0.717, 1.165) is 32.6 Å². The molecule has 4 heteroatoms. The van der Waals surface area contributed by atoms with Crippen molar-refractivity contribution in [3.05, 3.63) is 0 Å². The first-order valence-electron chi connectivity index (χ1n) is 7.24. The molecule has 0 aliphatic heterocycles. The van der Waals surface area contributed by atoms with Gasteiger partial charge in [0.15, 0.2) is 0 Å². The van der Waals surface area contributed by atoms with Gasteiger partial charge < -0.3 is 15.5 Å². The summed E-state index contributed by atoms with van der Waals surface area (Å²) >= 11 is 0. The second-order valence-electron chi connectivity index (χ2n) is 5.17. The van der Waals surface area contributed by atoms with Crippen molar-refractivity contribution in [3.8, 4) is 0 Å². The van der Waals surface area contributed by atoms with Crippen LogP contribution in [-0.4, -0.2) is 49.1 Å². The maximum atomic E-state index is 11.7. The van der Waals surface area contributed by atoms with Gasteiger partial charge in [-0.25, -0.2) is 0 Å². The van der Waals surface area contributed by atoms with Crippen molar-refractivity contribution in [1.29, 1.82) is 0 Å². The maximum absolute atomic E-state index is 11.7. The SMILES string of the molecule is CCN(CC)CC(C)NC(=O)CCCNC(C)C. The van der Waals surface area contributed by atoms with Crippen LogP contribution < -0.4 is 10.6 Å². The molecule has 0 aromatic carbocycles. The average Bonchev–Trinajstić information content (AvgIpc) is 2.31. The molecule has 0 aliphatic rings. The summed E-state index contributed by atoms with van der Waals surface area (Å²) in [6.45, 7) is 14.5. The Hall–Kier alpha value is -0.610. The summed E-state index contributed by atoms with van der Waals surface area (Å²) in [7, 11) is 0. The predicted molar refractivity (Wildman–Crippen MR) is 77.8 cm³/mol. The first-order chi connectivity index (χ1) is 8.49. The molecule has 4 nitrogen and oxygen atoms in total. The van der Waals surface area contributed by atoms with E-state index in [0.29, 0.717) is 12.5 Å². The Balaban J connectivity index is 3.67. The molecule has 1 amide bonds. The minimum Gasteiger partial charge on any atom is -0.352 e. The fourth-order valence-electron chi connectivity index (χ4n) is 1.90. The van der Waals surface area contributed by atoms with Crippen molar-refractivity contribution in [2.75, 3.05) is 26.2 Å². The minimum atomic E-state index is 0.167. The van der Waals surface area contributed by atoms with Crippen LogP contribution in [0.3, 0.4) is 0 Å². The van der Waals surface area contributed by atoms with E-state index in [1.807, 2.05) is 0 Å². The van der Waals surface area contributed by atoms with Gasteiger partial charge in [-0.3, -0.25) is 4.79 Å². The second-order valence-corrected chi connectivity index (χ2v) is 5.17. The van der Waals surface area contributed by atoms with Crippen LogP contribution in [0.1, 0.15) is 47.5 Å². The molecule has 0 spiro atoms. The van der Waals surface area contributed by atoms with Crippen molar-refractivity contribution >= 4 is 5.91 Å². The third-order valence-electron chi connectivity index (χ3n) is 2.97. The normalized spacial score (nSPS) is 13.1. The van der Waals surface area contributed by atoms with Gasteiger partial charge in [-0.05, 0) is 33.0 Å². The summed E-state index contributed by atoms with van der Waals surface area (Å²) < 4.78 is 0. The minimum absolute atomic E-state index is 0.167. The summed E-state index contributed by atoms with van der Waals surface area (Å²) in [4.78, 5) is 14.0. The van der Waals surface area contributed by atoms with Gasteiger partial charge in [0.25, 0.3) is 0 Å². The lowest BCUT2D eigenvalue weighted by atomic mass is 10.2. The summed E-state index contributed by atoms with van der Waals surface area (Å²) in [5, 5.41) is 6.38. The molecule has 0 aromatic rings. The van der Waals surface area contributed by atoms with E-state index in [1.165, 1.54) is 0 Å². The third-order valence-corrected chi connectivity index (χ3v) is 2.97. The number of carbonyl (C=O) groups is 1. The van der Waals surface area contributed by atoms with Crippen LogP contribution in [0, 0.1) is 0 Å². The van der Waals surface area contributed by atoms with Crippen molar-refractivity contribution in [1.82, 2.24) is 15.5 Å². The van der Waals surface area contributed by atoms with Gasteiger partial charge in [-0.15, -0.1) is 0 Å². The van der Waals surface area contributed by atoms with Gasteiger partial charge in [0.2, 0.25) is 5.91 Å². The Labute approximate surface area is 113 Å². The second kappa shape index (κ2) is 10.3. The van der Waals surface area contributed by atoms with Crippen LogP contribution >= 0.6 is 0 Å². The fourth-order valence-corrected chi connectivity index (χ4v) is 1.90. The summed E-state index contributed by atoms with van der Waals surface area (Å²) in [5.74, 6) is 0.167. The molecule has 2 N–H and O–H groups in total. The van der Waals surface area contributed by atoms with Crippen molar-refractivity contribution < 1.29 is 4.79 Å². The predicted octanol–water partition coefficient (Wildman–Crippen LogP) is 1.61. The van der Waals surface area contributed by atoms with E-state index in [2.05, 4.69) is 50.2 Å². The molecule has 0 radical (unpaired) electrons. The van der Waals surface area contributed by atoms with Crippen LogP contribution in [-0.2, 0) is 4.79 Å². The van der Waals surface area contributed by atoms with Crippen molar-refractivity contribution in [2.24, 2.45) is 0 Å². The third kappa shape index (κ3) is 9.42. The van der Waals surface area contributed by atoms with Gasteiger partial charge in [-0.2, -0.15) is 0 Å². The monoisotopic (exact) mass is 257 g/mol. The quantitative estimate of drug-likeness (QED) is 0.584. The lowest BCUT2D eigenvalue weighted by molar-refractivity contribution is -0.121. The molecule has 0 saturated carbocycles. The highest BCUT2D eigenvalue weighted by Gasteiger charge is 2.10. The molecule has 1 unspecified atom stereocenters. The molecule has 1 atom stereocenters. The largest absolute Gasteiger partial charge is 0.352 e. The Bertz CT molecular complexity index is 215. The molecular weight excluding hydrogens is 226 g/mol. The molecular formula is C14H31N3O. The van der Waals surface area contributed by atoms with E-state index < -0.39 is 0 Å². The molecule has 0 rings (SSSR count). The number of nitrogens with zero attached hydrogens (tertiary/aromatic N) is 1. The zero-order valence-electron chi connectivity index (χ0n) is 12.8. The van der Waals surface area contributed by atoms with Crippen molar-refractivity contribution in [3.63, 3.8) is 0 Å². The zero-order chi connectivity index (χ0) is 14.0. The van der Waals surface area contributed by atoms with Crippen LogP contribution in [0.15, 0.2) is 0 Å². The average molecular weight is 257 g/mol. The Morgan fingerprint density at radius 3 is 2.28 bits per heavy atom. The summed E-state index contributed by atoms with van der Waals surface area (Å²) in [5.41, 5.74) is 0. The van der Waals surface area contributed by atoms with Crippen molar-refractivity contribution in [2.45, 2.75) is 59.5 Å². The van der Waals surface area contributed by atoms with E-state index in [-0.39, 0.29) is 11.9 Å². The van der Waals surface area contributed by atoms with Gasteiger partial charge >= 0.3 is 0 Å². The molecule has 0 heterocycles. The molecule has 0 aromatic heterocycles. The summed E-state index contributed by atoms with van der Waals surface area (Å²) in [6.07, 6.45) is 1.52. The Kier molecular flexibility index (Phi) is 9.98. The number of rotatable bonds is 10. The number of likely N-dealkylation sites (N-methyl/N-ethyl adjacent to an activating group) is 1. The van der Waals surface area contributed by atoms with Gasteiger partial charge in [0.05, 0.1) is 0 Å². The number of amides is 1. The topological polar surface area (TPSA) is 44.4 Å². The number of nitrogens with one attached hydrogen (secondary N) is 2. The van der Waals surface area contributed by atoms with Crippen LogP contribution in [0.5, 0.6) is 0 Å². The lowest BCUT2D eigenvalue weighted by Crippen LogP contribution is -2.42. The first kappa shape index (κ1) is 17.4. The number of hydrogen-bond acceptors (Lipinski definition) is 3. The van der Waals surface area contributed by atoms with E-state index in [4.69, 9.17) is 0 Å². The molecule has 0 bridgehead atoms. The molecule has 108 valence electrons. The molecule has 18 heavy (non-hydrogen) atoms. The molecule has 0 saturated heterocycles. The Morgan fingerprint density at radius 1 is 1.17 bits per heavy atom. The molecule has 0 aliphatic carbocycles. The number of carbonyl (C=O) groups excluding carboxylic acids is 1. The zero-order valence-corrected chi connectivity index (χ0v) is 12.8. The number of hydrogen-bond donors (Lipinski definition) is 2. The van der Waals surface area contributed by atoms with Crippen LogP contribution in [0.4, 0.5) is 0 Å². The van der Waals surface area contributed by atoms with E-state index >= 15 is 0 Å². The highest BCUT2D eigenvalue weighted by atomic mass is 16.1. The fraction of sp³-hybridized carbons (Fsp3) is 0.929.